The second-order valence-corrected chi connectivity index (χ2v) is 9.63. The van der Waals surface area contributed by atoms with Gasteiger partial charge in [-0.25, -0.2) is 4.98 Å². The van der Waals surface area contributed by atoms with E-state index in [0.29, 0.717) is 23.6 Å². The first-order valence-electron chi connectivity index (χ1n) is 8.71. The molecule has 1 amide bonds. The van der Waals surface area contributed by atoms with Gasteiger partial charge in [0.2, 0.25) is 0 Å². The molecule has 3 fully saturated rings. The number of thioether (sulfide) groups is 1. The van der Waals surface area contributed by atoms with Gasteiger partial charge in [0, 0.05) is 36.5 Å². The zero-order valence-corrected chi connectivity index (χ0v) is 15.7. The van der Waals surface area contributed by atoms with Crippen LogP contribution in [0.25, 0.3) is 0 Å². The molecular formula is C17H25N3O2S2. The third-order valence-electron chi connectivity index (χ3n) is 5.99. The van der Waals surface area contributed by atoms with E-state index >= 15 is 0 Å². The van der Waals surface area contributed by atoms with Crippen molar-refractivity contribution in [3.05, 3.63) is 16.6 Å². The highest BCUT2D eigenvalue weighted by Gasteiger charge is 2.57. The molecule has 24 heavy (non-hydrogen) atoms. The van der Waals surface area contributed by atoms with E-state index in [1.54, 1.807) is 23.1 Å². The van der Waals surface area contributed by atoms with Crippen molar-refractivity contribution in [3.8, 4) is 0 Å². The van der Waals surface area contributed by atoms with Crippen LogP contribution in [-0.2, 0) is 11.3 Å². The van der Waals surface area contributed by atoms with Gasteiger partial charge in [-0.3, -0.25) is 9.69 Å². The van der Waals surface area contributed by atoms with E-state index in [1.807, 2.05) is 16.5 Å². The fourth-order valence-electron chi connectivity index (χ4n) is 4.31. The van der Waals surface area contributed by atoms with Crippen LogP contribution in [0.2, 0.25) is 0 Å². The normalized spacial score (nSPS) is 31.8. The molecule has 1 aliphatic carbocycles. The van der Waals surface area contributed by atoms with Crippen molar-refractivity contribution < 1.29 is 9.90 Å². The molecule has 1 spiro atoms. The Balaban J connectivity index is 1.31. The topological polar surface area (TPSA) is 56.7 Å². The highest BCUT2D eigenvalue weighted by Crippen LogP contribution is 2.56. The Bertz CT molecular complexity index is 593. The number of nitrogens with zero attached hydrogens (tertiary/aromatic N) is 3. The Morgan fingerprint density at radius 3 is 2.88 bits per heavy atom. The summed E-state index contributed by atoms with van der Waals surface area (Å²) >= 11 is 3.40. The molecule has 2 aliphatic heterocycles. The highest BCUT2D eigenvalue weighted by atomic mass is 32.2. The number of likely N-dealkylation sites (tertiary alicyclic amines) is 1. The van der Waals surface area contributed by atoms with E-state index in [4.69, 9.17) is 0 Å². The van der Waals surface area contributed by atoms with Crippen molar-refractivity contribution in [3.63, 3.8) is 0 Å². The van der Waals surface area contributed by atoms with Crippen molar-refractivity contribution in [1.29, 1.82) is 0 Å². The molecule has 5 nitrogen and oxygen atoms in total. The predicted molar refractivity (Wildman–Crippen MR) is 97.1 cm³/mol. The standard InChI is InChI=1S/C17H25N3O2S2/c1-19(11-14-18-5-9-24-14)13-10-16(13)2-6-20(7-3-16)15(21)17(22)4-8-23-12-17/h5,9,13,22H,2-4,6-8,10-12H2,1H3. The van der Waals surface area contributed by atoms with Crippen LogP contribution in [0.15, 0.2) is 11.6 Å². The molecule has 1 aromatic heterocycles. The maximum absolute atomic E-state index is 12.6. The lowest BCUT2D eigenvalue weighted by molar-refractivity contribution is -0.150. The first kappa shape index (κ1) is 16.8. The van der Waals surface area contributed by atoms with Crippen LogP contribution in [0.3, 0.4) is 0 Å². The number of hydrogen-bond donors (Lipinski definition) is 1. The zero-order chi connectivity index (χ0) is 16.8. The average Bonchev–Trinajstić information content (AvgIpc) is 2.96. The molecule has 1 saturated carbocycles. The Kier molecular flexibility index (Phi) is 4.39. The smallest absolute Gasteiger partial charge is 0.255 e. The van der Waals surface area contributed by atoms with Crippen LogP contribution in [-0.4, -0.2) is 69.1 Å². The maximum atomic E-state index is 12.6. The first-order valence-corrected chi connectivity index (χ1v) is 10.7. The molecule has 132 valence electrons. The van der Waals surface area contributed by atoms with Crippen molar-refractivity contribution in [2.45, 2.75) is 43.9 Å². The largest absolute Gasteiger partial charge is 0.379 e. The van der Waals surface area contributed by atoms with Gasteiger partial charge in [-0.15, -0.1) is 11.3 Å². The van der Waals surface area contributed by atoms with E-state index in [9.17, 15) is 9.90 Å². The molecule has 3 heterocycles. The number of amides is 1. The van der Waals surface area contributed by atoms with Crippen LogP contribution >= 0.6 is 23.1 Å². The number of hydrogen-bond acceptors (Lipinski definition) is 6. The molecular weight excluding hydrogens is 342 g/mol. The number of rotatable bonds is 4. The number of carbonyl (C=O) groups is 1. The number of aliphatic hydroxyl groups is 1. The molecule has 7 heteroatoms. The maximum Gasteiger partial charge on any atom is 0.255 e. The van der Waals surface area contributed by atoms with E-state index in [0.717, 1.165) is 38.2 Å². The first-order chi connectivity index (χ1) is 11.5. The van der Waals surface area contributed by atoms with E-state index in [-0.39, 0.29) is 5.91 Å². The fourth-order valence-corrected chi connectivity index (χ4v) is 6.22. The third-order valence-corrected chi connectivity index (χ3v) is 7.93. The SMILES string of the molecule is CN(Cc1nccs1)C1CC12CCN(C(=O)C1(O)CCSC1)CC2. The molecule has 1 N–H and O–H groups in total. The summed E-state index contributed by atoms with van der Waals surface area (Å²) in [5.41, 5.74) is -0.713. The summed E-state index contributed by atoms with van der Waals surface area (Å²) in [7, 11) is 2.19. The number of aromatic nitrogens is 1. The van der Waals surface area contributed by atoms with Crippen molar-refractivity contribution in [2.75, 3.05) is 31.6 Å². The Morgan fingerprint density at radius 2 is 2.25 bits per heavy atom. The lowest BCUT2D eigenvalue weighted by Gasteiger charge is -2.37. The number of thiazole rings is 1. The van der Waals surface area contributed by atoms with Gasteiger partial charge in [0.25, 0.3) is 5.91 Å². The lowest BCUT2D eigenvalue weighted by Crippen LogP contribution is -2.52. The van der Waals surface area contributed by atoms with Gasteiger partial charge in [0.15, 0.2) is 5.60 Å². The zero-order valence-electron chi connectivity index (χ0n) is 14.1. The Hall–Kier alpha value is -0.630. The van der Waals surface area contributed by atoms with Crippen molar-refractivity contribution in [1.82, 2.24) is 14.8 Å². The van der Waals surface area contributed by atoms with Crippen LogP contribution in [0.4, 0.5) is 0 Å². The van der Waals surface area contributed by atoms with Crippen LogP contribution in [0, 0.1) is 5.41 Å². The van der Waals surface area contributed by atoms with E-state index < -0.39 is 5.60 Å². The second kappa shape index (κ2) is 6.27. The lowest BCUT2D eigenvalue weighted by atomic mass is 9.90. The second-order valence-electron chi connectivity index (χ2n) is 7.55. The Labute approximate surface area is 151 Å². The van der Waals surface area contributed by atoms with Gasteiger partial charge in [0.05, 0.1) is 6.54 Å². The fraction of sp³-hybridized carbons (Fsp3) is 0.765. The van der Waals surface area contributed by atoms with Gasteiger partial charge < -0.3 is 10.0 Å². The number of piperidine rings is 1. The summed E-state index contributed by atoms with van der Waals surface area (Å²) in [6.07, 6.45) is 5.84. The van der Waals surface area contributed by atoms with Crippen LogP contribution in [0.5, 0.6) is 0 Å². The Morgan fingerprint density at radius 1 is 1.46 bits per heavy atom. The summed E-state index contributed by atoms with van der Waals surface area (Å²) < 4.78 is 0. The minimum atomic E-state index is -1.10. The average molecular weight is 368 g/mol. The minimum Gasteiger partial charge on any atom is -0.379 e. The van der Waals surface area contributed by atoms with Crippen molar-refractivity contribution >= 4 is 29.0 Å². The monoisotopic (exact) mass is 367 g/mol. The molecule has 3 aliphatic rings. The van der Waals surface area contributed by atoms with E-state index in [1.165, 1.54) is 11.4 Å². The van der Waals surface area contributed by atoms with Gasteiger partial charge in [0.1, 0.15) is 5.01 Å². The predicted octanol–water partition coefficient (Wildman–Crippen LogP) is 1.82. The van der Waals surface area contributed by atoms with Crippen LogP contribution in [0.1, 0.15) is 30.7 Å². The summed E-state index contributed by atoms with van der Waals surface area (Å²) in [4.78, 5) is 21.3. The van der Waals surface area contributed by atoms with Crippen molar-refractivity contribution in [2.24, 2.45) is 5.41 Å². The molecule has 2 unspecified atom stereocenters. The molecule has 2 atom stereocenters. The van der Waals surface area contributed by atoms with Gasteiger partial charge in [-0.1, -0.05) is 0 Å². The summed E-state index contributed by atoms with van der Waals surface area (Å²) in [5, 5.41) is 13.7. The molecule has 0 radical (unpaired) electrons. The van der Waals surface area contributed by atoms with Gasteiger partial charge in [-0.2, -0.15) is 11.8 Å². The van der Waals surface area contributed by atoms with Gasteiger partial charge in [-0.05, 0) is 43.9 Å². The molecule has 2 saturated heterocycles. The summed E-state index contributed by atoms with van der Waals surface area (Å²) in [5.74, 6) is 1.42. The highest BCUT2D eigenvalue weighted by molar-refractivity contribution is 7.99. The summed E-state index contributed by atoms with van der Waals surface area (Å²) in [6, 6.07) is 0.615. The summed E-state index contributed by atoms with van der Waals surface area (Å²) in [6.45, 7) is 2.52. The number of carbonyl (C=O) groups excluding carboxylic acids is 1. The molecule has 0 bridgehead atoms. The third kappa shape index (κ3) is 3.00. The van der Waals surface area contributed by atoms with Crippen LogP contribution < -0.4 is 0 Å². The van der Waals surface area contributed by atoms with Gasteiger partial charge >= 0.3 is 0 Å². The van der Waals surface area contributed by atoms with E-state index in [2.05, 4.69) is 16.9 Å². The minimum absolute atomic E-state index is 0.0318. The quantitative estimate of drug-likeness (QED) is 0.880. The molecule has 1 aromatic rings. The molecule has 4 rings (SSSR count). The molecule has 0 aromatic carbocycles.